The molecule has 0 saturated carbocycles. The molecule has 1 amide bonds. The van der Waals surface area contributed by atoms with E-state index in [9.17, 15) is 4.79 Å². The highest BCUT2D eigenvalue weighted by atomic mass is 16.1. The third kappa shape index (κ3) is 9.15. The van der Waals surface area contributed by atoms with Gasteiger partial charge in [0.15, 0.2) is 0 Å². The summed E-state index contributed by atoms with van der Waals surface area (Å²) in [5.41, 5.74) is 1.28. The number of nitrogens with zero attached hydrogens (tertiary/aromatic N) is 3. The van der Waals surface area contributed by atoms with Crippen LogP contribution in [0.3, 0.4) is 0 Å². The van der Waals surface area contributed by atoms with Gasteiger partial charge in [-0.1, -0.05) is 0 Å². The zero-order valence-electron chi connectivity index (χ0n) is 13.5. The molecule has 0 aliphatic carbocycles. The van der Waals surface area contributed by atoms with Crippen molar-refractivity contribution in [2.24, 2.45) is 0 Å². The maximum Gasteiger partial charge on any atom is 0.221 e. The third-order valence-corrected chi connectivity index (χ3v) is 3.36. The van der Waals surface area contributed by atoms with Gasteiger partial charge in [0.25, 0.3) is 0 Å². The molecule has 5 nitrogen and oxygen atoms in total. The van der Waals surface area contributed by atoms with Gasteiger partial charge in [-0.05, 0) is 58.2 Å². The van der Waals surface area contributed by atoms with Crippen LogP contribution in [0.5, 0.6) is 0 Å². The van der Waals surface area contributed by atoms with Crippen molar-refractivity contribution in [1.82, 2.24) is 20.1 Å². The van der Waals surface area contributed by atoms with Gasteiger partial charge in [-0.2, -0.15) is 0 Å². The average Bonchev–Trinajstić information content (AvgIpc) is 2.48. The minimum atomic E-state index is 0.143. The highest BCUT2D eigenvalue weighted by Crippen LogP contribution is 1.99. The van der Waals surface area contributed by atoms with Crippen molar-refractivity contribution in [2.75, 3.05) is 47.3 Å². The second-order valence-corrected chi connectivity index (χ2v) is 5.67. The van der Waals surface area contributed by atoms with Crippen LogP contribution in [0.1, 0.15) is 18.4 Å². The summed E-state index contributed by atoms with van der Waals surface area (Å²) in [5, 5.41) is 2.97. The van der Waals surface area contributed by atoms with Crippen LogP contribution in [0.2, 0.25) is 0 Å². The number of aromatic nitrogens is 1. The van der Waals surface area contributed by atoms with Crippen LogP contribution in [0, 0.1) is 0 Å². The summed E-state index contributed by atoms with van der Waals surface area (Å²) < 4.78 is 0. The summed E-state index contributed by atoms with van der Waals surface area (Å²) in [6, 6.07) is 4.07. The molecular formula is C16H28N4O. The van der Waals surface area contributed by atoms with Gasteiger partial charge in [0.05, 0.1) is 0 Å². The van der Waals surface area contributed by atoms with E-state index in [-0.39, 0.29) is 5.91 Å². The molecule has 0 aliphatic rings. The number of nitrogens with one attached hydrogen (secondary N) is 1. The lowest BCUT2D eigenvalue weighted by Gasteiger charge is -2.16. The van der Waals surface area contributed by atoms with Gasteiger partial charge in [0, 0.05) is 38.4 Å². The molecule has 0 radical (unpaired) electrons. The molecule has 118 valence electrons. The smallest absolute Gasteiger partial charge is 0.221 e. The Balaban J connectivity index is 2.06. The van der Waals surface area contributed by atoms with Crippen LogP contribution in [0.25, 0.3) is 0 Å². The van der Waals surface area contributed by atoms with Gasteiger partial charge < -0.3 is 15.1 Å². The van der Waals surface area contributed by atoms with E-state index in [2.05, 4.69) is 27.1 Å². The standard InChI is InChI=1S/C16H28N4O/c1-19(2)12-4-9-18-16(21)8-14-20(3)13-7-15-5-10-17-11-6-15/h5-6,10-11H,4,7-9,12-14H2,1-3H3,(H,18,21). The summed E-state index contributed by atoms with van der Waals surface area (Å²) in [7, 11) is 6.14. The lowest BCUT2D eigenvalue weighted by Crippen LogP contribution is -2.31. The summed E-state index contributed by atoms with van der Waals surface area (Å²) in [6.45, 7) is 3.52. The van der Waals surface area contributed by atoms with Gasteiger partial charge in [-0.15, -0.1) is 0 Å². The fraction of sp³-hybridized carbons (Fsp3) is 0.625. The van der Waals surface area contributed by atoms with E-state index in [1.807, 2.05) is 38.6 Å². The fourth-order valence-corrected chi connectivity index (χ4v) is 1.99. The van der Waals surface area contributed by atoms with E-state index in [1.54, 1.807) is 0 Å². The minimum Gasteiger partial charge on any atom is -0.356 e. The fourth-order valence-electron chi connectivity index (χ4n) is 1.99. The highest BCUT2D eigenvalue weighted by Gasteiger charge is 2.04. The molecule has 0 unspecified atom stereocenters. The number of carbonyl (C=O) groups excluding carboxylic acids is 1. The van der Waals surface area contributed by atoms with E-state index < -0.39 is 0 Å². The largest absolute Gasteiger partial charge is 0.356 e. The number of hydrogen-bond donors (Lipinski definition) is 1. The number of likely N-dealkylation sites (N-methyl/N-ethyl adjacent to an activating group) is 1. The minimum absolute atomic E-state index is 0.143. The molecule has 1 rings (SSSR count). The SMILES string of the molecule is CN(C)CCCNC(=O)CCN(C)CCc1ccncc1. The molecule has 1 heterocycles. The van der Waals surface area contributed by atoms with Gasteiger partial charge in [-0.3, -0.25) is 9.78 Å². The van der Waals surface area contributed by atoms with Crippen molar-refractivity contribution >= 4 is 5.91 Å². The third-order valence-electron chi connectivity index (χ3n) is 3.36. The summed E-state index contributed by atoms with van der Waals surface area (Å²) in [6.07, 6.45) is 6.18. The van der Waals surface area contributed by atoms with Crippen LogP contribution < -0.4 is 5.32 Å². The van der Waals surface area contributed by atoms with Gasteiger partial charge in [0.2, 0.25) is 5.91 Å². The lowest BCUT2D eigenvalue weighted by atomic mass is 10.2. The number of amides is 1. The normalized spacial score (nSPS) is 11.1. The molecule has 1 aromatic rings. The predicted octanol–water partition coefficient (Wildman–Crippen LogP) is 1.01. The molecule has 0 saturated heterocycles. The predicted molar refractivity (Wildman–Crippen MR) is 86.2 cm³/mol. The molecule has 0 bridgehead atoms. The van der Waals surface area contributed by atoms with Crippen molar-refractivity contribution < 1.29 is 4.79 Å². The van der Waals surface area contributed by atoms with E-state index in [0.717, 1.165) is 39.0 Å². The first-order valence-corrected chi connectivity index (χ1v) is 7.57. The maximum absolute atomic E-state index is 11.7. The molecule has 0 fully saturated rings. The van der Waals surface area contributed by atoms with Crippen molar-refractivity contribution in [1.29, 1.82) is 0 Å². The van der Waals surface area contributed by atoms with Crippen LogP contribution in [-0.4, -0.2) is 68.0 Å². The van der Waals surface area contributed by atoms with Gasteiger partial charge in [0.1, 0.15) is 0 Å². The molecule has 0 atom stereocenters. The first-order valence-electron chi connectivity index (χ1n) is 7.57. The summed E-state index contributed by atoms with van der Waals surface area (Å²) in [4.78, 5) is 20.0. The number of rotatable bonds is 10. The van der Waals surface area contributed by atoms with E-state index in [0.29, 0.717) is 6.42 Å². The highest BCUT2D eigenvalue weighted by molar-refractivity contribution is 5.75. The Labute approximate surface area is 128 Å². The monoisotopic (exact) mass is 292 g/mol. The lowest BCUT2D eigenvalue weighted by molar-refractivity contribution is -0.121. The Bertz CT molecular complexity index is 395. The number of hydrogen-bond acceptors (Lipinski definition) is 4. The number of pyridine rings is 1. The van der Waals surface area contributed by atoms with Crippen LogP contribution in [0.15, 0.2) is 24.5 Å². The second-order valence-electron chi connectivity index (χ2n) is 5.67. The summed E-state index contributed by atoms with van der Waals surface area (Å²) in [5.74, 6) is 0.143. The Morgan fingerprint density at radius 1 is 1.14 bits per heavy atom. The molecule has 1 aromatic heterocycles. The Morgan fingerprint density at radius 2 is 1.86 bits per heavy atom. The molecule has 0 aromatic carbocycles. The molecule has 0 aliphatic heterocycles. The maximum atomic E-state index is 11.7. The zero-order chi connectivity index (χ0) is 15.5. The first-order chi connectivity index (χ1) is 10.1. The quantitative estimate of drug-likeness (QED) is 0.654. The number of carbonyl (C=O) groups is 1. The van der Waals surface area contributed by atoms with Crippen LogP contribution >= 0.6 is 0 Å². The Morgan fingerprint density at radius 3 is 2.52 bits per heavy atom. The molecule has 1 N–H and O–H groups in total. The van der Waals surface area contributed by atoms with Crippen molar-refractivity contribution in [2.45, 2.75) is 19.3 Å². The van der Waals surface area contributed by atoms with Crippen LogP contribution in [-0.2, 0) is 11.2 Å². The van der Waals surface area contributed by atoms with E-state index in [4.69, 9.17) is 0 Å². The molecular weight excluding hydrogens is 264 g/mol. The van der Waals surface area contributed by atoms with E-state index >= 15 is 0 Å². The molecule has 5 heteroatoms. The van der Waals surface area contributed by atoms with Gasteiger partial charge in [-0.25, -0.2) is 0 Å². The Kier molecular flexibility index (Phi) is 8.62. The van der Waals surface area contributed by atoms with Gasteiger partial charge >= 0.3 is 0 Å². The first kappa shape index (κ1) is 17.6. The average molecular weight is 292 g/mol. The molecule has 0 spiro atoms. The molecule has 21 heavy (non-hydrogen) atoms. The van der Waals surface area contributed by atoms with Crippen LogP contribution in [0.4, 0.5) is 0 Å². The van der Waals surface area contributed by atoms with Crippen molar-refractivity contribution in [3.05, 3.63) is 30.1 Å². The topological polar surface area (TPSA) is 48.5 Å². The second kappa shape index (κ2) is 10.3. The summed E-state index contributed by atoms with van der Waals surface area (Å²) >= 11 is 0. The Hall–Kier alpha value is -1.46. The van der Waals surface area contributed by atoms with E-state index in [1.165, 1.54) is 5.56 Å². The van der Waals surface area contributed by atoms with Crippen molar-refractivity contribution in [3.63, 3.8) is 0 Å². The zero-order valence-corrected chi connectivity index (χ0v) is 13.5. The van der Waals surface area contributed by atoms with Crippen molar-refractivity contribution in [3.8, 4) is 0 Å².